The van der Waals surface area contributed by atoms with Crippen molar-refractivity contribution in [2.24, 2.45) is 0 Å². The van der Waals surface area contributed by atoms with Gasteiger partial charge < -0.3 is 15.4 Å². The Bertz CT molecular complexity index is 813. The van der Waals surface area contributed by atoms with Crippen molar-refractivity contribution in [3.05, 3.63) is 64.7 Å². The van der Waals surface area contributed by atoms with Gasteiger partial charge in [-0.25, -0.2) is 0 Å². The predicted molar refractivity (Wildman–Crippen MR) is 105 cm³/mol. The Balaban J connectivity index is 1.61. The first-order chi connectivity index (χ1) is 13.1. The minimum Gasteiger partial charge on any atom is -0.366 e. The zero-order valence-corrected chi connectivity index (χ0v) is 15.8. The summed E-state index contributed by atoms with van der Waals surface area (Å²) in [6.45, 7) is 2.55. The summed E-state index contributed by atoms with van der Waals surface area (Å²) >= 11 is 6.20. The maximum atomic E-state index is 12.6. The van der Waals surface area contributed by atoms with Gasteiger partial charge in [0.2, 0.25) is 0 Å². The van der Waals surface area contributed by atoms with E-state index >= 15 is 0 Å². The number of hydrogen-bond acceptors (Lipinski definition) is 4. The van der Waals surface area contributed by atoms with Crippen LogP contribution in [0, 0.1) is 0 Å². The van der Waals surface area contributed by atoms with Crippen molar-refractivity contribution < 1.29 is 14.3 Å². The molecule has 2 amide bonds. The third kappa shape index (κ3) is 5.07. The van der Waals surface area contributed by atoms with Crippen molar-refractivity contribution in [3.63, 3.8) is 0 Å². The van der Waals surface area contributed by atoms with Crippen LogP contribution in [0.4, 0.5) is 5.69 Å². The van der Waals surface area contributed by atoms with Crippen molar-refractivity contribution in [1.29, 1.82) is 0 Å². The molecule has 142 valence electrons. The molecule has 1 atom stereocenters. The average Bonchev–Trinajstić information content (AvgIpc) is 2.69. The van der Waals surface area contributed by atoms with Crippen LogP contribution in [-0.4, -0.2) is 49.6 Å². The van der Waals surface area contributed by atoms with E-state index in [1.54, 1.807) is 19.2 Å². The van der Waals surface area contributed by atoms with Crippen LogP contribution in [0.3, 0.4) is 0 Å². The number of ether oxygens (including phenoxy) is 1. The van der Waals surface area contributed by atoms with E-state index in [2.05, 4.69) is 27.7 Å². The van der Waals surface area contributed by atoms with Crippen molar-refractivity contribution in [2.45, 2.75) is 12.6 Å². The molecule has 1 aliphatic heterocycles. The molecular weight excluding hydrogens is 366 g/mol. The number of anilines is 1. The largest absolute Gasteiger partial charge is 0.366 e. The fourth-order valence-electron chi connectivity index (χ4n) is 2.96. The third-order valence-corrected chi connectivity index (χ3v) is 4.72. The van der Waals surface area contributed by atoms with Crippen LogP contribution in [0.15, 0.2) is 48.5 Å². The lowest BCUT2D eigenvalue weighted by Gasteiger charge is -2.32. The topological polar surface area (TPSA) is 70.7 Å². The highest BCUT2D eigenvalue weighted by Crippen LogP contribution is 2.24. The van der Waals surface area contributed by atoms with E-state index in [0.29, 0.717) is 29.4 Å². The van der Waals surface area contributed by atoms with Gasteiger partial charge in [0.05, 0.1) is 17.3 Å². The minimum atomic E-state index is -0.572. The molecule has 2 aromatic carbocycles. The van der Waals surface area contributed by atoms with Gasteiger partial charge in [-0.05, 0) is 23.8 Å². The molecular formula is C20H22ClN3O3. The molecule has 0 saturated carbocycles. The molecule has 0 bridgehead atoms. The van der Waals surface area contributed by atoms with E-state index in [-0.39, 0.29) is 11.8 Å². The van der Waals surface area contributed by atoms with E-state index in [1.807, 2.05) is 18.2 Å². The summed E-state index contributed by atoms with van der Waals surface area (Å²) < 4.78 is 5.64. The van der Waals surface area contributed by atoms with Gasteiger partial charge in [-0.1, -0.05) is 41.9 Å². The van der Waals surface area contributed by atoms with Gasteiger partial charge in [0.1, 0.15) is 6.10 Å². The maximum Gasteiger partial charge on any atom is 0.254 e. The van der Waals surface area contributed by atoms with Crippen molar-refractivity contribution in [2.75, 3.05) is 32.1 Å². The molecule has 0 spiro atoms. The Morgan fingerprint density at radius 1 is 1.22 bits per heavy atom. The molecule has 2 N–H and O–H groups in total. The number of carbonyl (C=O) groups excluding carboxylic acids is 2. The van der Waals surface area contributed by atoms with Gasteiger partial charge in [-0.2, -0.15) is 0 Å². The molecule has 1 aliphatic rings. The molecule has 1 fully saturated rings. The van der Waals surface area contributed by atoms with Gasteiger partial charge >= 0.3 is 0 Å². The zero-order chi connectivity index (χ0) is 19.2. The highest BCUT2D eigenvalue weighted by molar-refractivity contribution is 6.34. The second-order valence-electron chi connectivity index (χ2n) is 6.34. The first-order valence-corrected chi connectivity index (χ1v) is 9.15. The highest BCUT2D eigenvalue weighted by Gasteiger charge is 2.27. The van der Waals surface area contributed by atoms with E-state index in [4.69, 9.17) is 16.3 Å². The summed E-state index contributed by atoms with van der Waals surface area (Å²) in [7, 11) is 1.55. The van der Waals surface area contributed by atoms with Crippen LogP contribution in [-0.2, 0) is 16.1 Å². The summed E-state index contributed by atoms with van der Waals surface area (Å²) in [4.78, 5) is 26.4. The normalized spacial score (nSPS) is 17.3. The van der Waals surface area contributed by atoms with Crippen LogP contribution < -0.4 is 10.6 Å². The summed E-state index contributed by atoms with van der Waals surface area (Å²) in [6.07, 6.45) is -0.572. The number of nitrogens with zero attached hydrogens (tertiary/aromatic N) is 1. The molecule has 7 heteroatoms. The summed E-state index contributed by atoms with van der Waals surface area (Å²) in [6, 6.07) is 14.9. The van der Waals surface area contributed by atoms with Crippen LogP contribution in [0.5, 0.6) is 0 Å². The van der Waals surface area contributed by atoms with Crippen LogP contribution in [0.1, 0.15) is 15.9 Å². The number of benzene rings is 2. The SMILES string of the molecule is CNC(=O)c1ccc(NC(=O)C2CN(Cc3ccccc3)CCO2)c(Cl)c1. The molecule has 3 rings (SSSR count). The van der Waals surface area contributed by atoms with Crippen molar-refractivity contribution >= 4 is 29.1 Å². The van der Waals surface area contributed by atoms with E-state index < -0.39 is 6.10 Å². The molecule has 1 heterocycles. The first-order valence-electron chi connectivity index (χ1n) is 8.77. The first kappa shape index (κ1) is 19.4. The van der Waals surface area contributed by atoms with E-state index in [1.165, 1.54) is 11.6 Å². The summed E-state index contributed by atoms with van der Waals surface area (Å²) in [5.41, 5.74) is 2.09. The molecule has 0 radical (unpaired) electrons. The maximum absolute atomic E-state index is 12.6. The standard InChI is InChI=1S/C20H22ClN3O3/c1-22-19(25)15-7-8-17(16(21)11-15)23-20(26)18-13-24(9-10-27-18)12-14-5-3-2-4-6-14/h2-8,11,18H,9-10,12-13H2,1H3,(H,22,25)(H,23,26). The van der Waals surface area contributed by atoms with Gasteiger partial charge in [0.15, 0.2) is 0 Å². The Morgan fingerprint density at radius 2 is 2.00 bits per heavy atom. The van der Waals surface area contributed by atoms with Gasteiger partial charge in [-0.15, -0.1) is 0 Å². The summed E-state index contributed by atoms with van der Waals surface area (Å²) in [5.74, 6) is -0.482. The van der Waals surface area contributed by atoms with Gasteiger partial charge in [0, 0.05) is 32.2 Å². The number of halogens is 1. The van der Waals surface area contributed by atoms with Crippen LogP contribution in [0.25, 0.3) is 0 Å². The number of amides is 2. The van der Waals surface area contributed by atoms with Crippen molar-refractivity contribution in [3.8, 4) is 0 Å². The van der Waals surface area contributed by atoms with Gasteiger partial charge in [-0.3, -0.25) is 14.5 Å². The third-order valence-electron chi connectivity index (χ3n) is 4.41. The number of carbonyl (C=O) groups is 2. The Morgan fingerprint density at radius 3 is 2.70 bits per heavy atom. The fourth-order valence-corrected chi connectivity index (χ4v) is 3.19. The molecule has 1 saturated heterocycles. The van der Waals surface area contributed by atoms with Crippen molar-refractivity contribution in [1.82, 2.24) is 10.2 Å². The predicted octanol–water partition coefficient (Wildman–Crippen LogP) is 2.54. The molecule has 6 nitrogen and oxygen atoms in total. The fraction of sp³-hybridized carbons (Fsp3) is 0.300. The lowest BCUT2D eigenvalue weighted by atomic mass is 10.1. The molecule has 1 unspecified atom stereocenters. The molecule has 2 aromatic rings. The van der Waals surface area contributed by atoms with Crippen LogP contribution in [0.2, 0.25) is 5.02 Å². The zero-order valence-electron chi connectivity index (χ0n) is 15.1. The van der Waals surface area contributed by atoms with Gasteiger partial charge in [0.25, 0.3) is 11.8 Å². The number of morpholine rings is 1. The van der Waals surface area contributed by atoms with Crippen LogP contribution >= 0.6 is 11.6 Å². The Hall–Kier alpha value is -2.41. The molecule has 27 heavy (non-hydrogen) atoms. The second-order valence-corrected chi connectivity index (χ2v) is 6.75. The number of nitrogens with one attached hydrogen (secondary N) is 2. The van der Waals surface area contributed by atoms with E-state index in [0.717, 1.165) is 13.1 Å². The molecule has 0 aromatic heterocycles. The highest BCUT2D eigenvalue weighted by atomic mass is 35.5. The van der Waals surface area contributed by atoms with E-state index in [9.17, 15) is 9.59 Å². The number of rotatable bonds is 5. The Kier molecular flexibility index (Phi) is 6.45. The monoisotopic (exact) mass is 387 g/mol. The summed E-state index contributed by atoms with van der Waals surface area (Å²) in [5, 5.41) is 5.64. The Labute approximate surface area is 163 Å². The lowest BCUT2D eigenvalue weighted by molar-refractivity contribution is -0.133. The second kappa shape index (κ2) is 8.99. The molecule has 0 aliphatic carbocycles. The lowest BCUT2D eigenvalue weighted by Crippen LogP contribution is -2.47. The number of hydrogen-bond donors (Lipinski definition) is 2. The smallest absolute Gasteiger partial charge is 0.254 e. The minimum absolute atomic E-state index is 0.234. The average molecular weight is 388 g/mol. The quantitative estimate of drug-likeness (QED) is 0.827.